The summed E-state index contributed by atoms with van der Waals surface area (Å²) in [6, 6.07) is 14.1. The molecule has 0 saturated heterocycles. The van der Waals surface area contributed by atoms with Crippen LogP contribution in [0.3, 0.4) is 0 Å². The van der Waals surface area contributed by atoms with Gasteiger partial charge in [0.05, 0.1) is 6.54 Å². The molecule has 5 nitrogen and oxygen atoms in total. The number of hydrogen-bond acceptors (Lipinski definition) is 4. The van der Waals surface area contributed by atoms with Crippen LogP contribution < -0.4 is 10.6 Å². The van der Waals surface area contributed by atoms with E-state index in [0.717, 1.165) is 29.7 Å². The Morgan fingerprint density at radius 1 is 1.03 bits per heavy atom. The van der Waals surface area contributed by atoms with Crippen molar-refractivity contribution < 1.29 is 4.79 Å². The highest BCUT2D eigenvalue weighted by atomic mass is 16.2. The molecule has 0 radical (unpaired) electrons. The Morgan fingerprint density at radius 2 is 1.76 bits per heavy atom. The number of aromatic nitrogens is 1. The lowest BCUT2D eigenvalue weighted by Crippen LogP contribution is -2.39. The quantitative estimate of drug-likeness (QED) is 0.515. The van der Waals surface area contributed by atoms with Crippen LogP contribution >= 0.6 is 0 Å². The Kier molecular flexibility index (Phi) is 9.22. The lowest BCUT2D eigenvalue weighted by Gasteiger charge is -2.25. The molecule has 1 aromatic heterocycles. The normalized spacial score (nSPS) is 10.1. The Balaban J connectivity index is 1.88. The molecule has 0 aliphatic carbocycles. The van der Waals surface area contributed by atoms with Crippen LogP contribution in [0.4, 0.5) is 0 Å². The fourth-order valence-corrected chi connectivity index (χ4v) is 2.82. The number of benzene rings is 1. The maximum atomic E-state index is 12.9. The van der Waals surface area contributed by atoms with Crippen molar-refractivity contribution in [1.82, 2.24) is 20.5 Å². The van der Waals surface area contributed by atoms with Gasteiger partial charge in [-0.2, -0.15) is 0 Å². The molecule has 0 atom stereocenters. The zero-order valence-electron chi connectivity index (χ0n) is 16.9. The maximum Gasteiger partial charge on any atom is 0.242 e. The summed E-state index contributed by atoms with van der Waals surface area (Å²) in [5.41, 5.74) is 4.06. The van der Waals surface area contributed by atoms with E-state index in [1.807, 2.05) is 30.3 Å². The van der Waals surface area contributed by atoms with Gasteiger partial charge in [-0.3, -0.25) is 9.78 Å². The average molecular weight is 391 g/mol. The molecule has 0 unspecified atom stereocenters. The topological polar surface area (TPSA) is 57.3 Å². The minimum absolute atomic E-state index is 0.00225. The zero-order chi connectivity index (χ0) is 20.9. The Hall–Kier alpha value is -3.34. The number of carbonyl (C=O) groups excluding carboxylic acids is 1. The third-order valence-corrected chi connectivity index (χ3v) is 4.43. The second kappa shape index (κ2) is 12.2. The SMILES string of the molecule is C=CNCC(=C)CN(Cc1ccncc1)C(=O)CNC(=C)CCc1ccccc1. The van der Waals surface area contributed by atoms with Crippen LogP contribution in [0, 0.1) is 0 Å². The van der Waals surface area contributed by atoms with Crippen LogP contribution in [0.5, 0.6) is 0 Å². The molecule has 0 aliphatic rings. The van der Waals surface area contributed by atoms with Crippen molar-refractivity contribution in [2.75, 3.05) is 19.6 Å². The summed E-state index contributed by atoms with van der Waals surface area (Å²) in [4.78, 5) is 18.7. The minimum atomic E-state index is 0.00225. The molecule has 1 aromatic carbocycles. The largest absolute Gasteiger partial charge is 0.388 e. The van der Waals surface area contributed by atoms with E-state index in [4.69, 9.17) is 0 Å². The van der Waals surface area contributed by atoms with Crippen LogP contribution in [-0.2, 0) is 17.8 Å². The predicted octanol–water partition coefficient (Wildman–Crippen LogP) is 3.44. The molecule has 2 N–H and O–H groups in total. The van der Waals surface area contributed by atoms with Crippen molar-refractivity contribution in [3.8, 4) is 0 Å². The molecular formula is C24H30N4O. The van der Waals surface area contributed by atoms with E-state index < -0.39 is 0 Å². The summed E-state index contributed by atoms with van der Waals surface area (Å²) in [7, 11) is 0. The molecular weight excluding hydrogens is 360 g/mol. The molecule has 0 spiro atoms. The number of carbonyl (C=O) groups is 1. The second-order valence-electron chi connectivity index (χ2n) is 6.88. The number of nitrogens with one attached hydrogen (secondary N) is 2. The van der Waals surface area contributed by atoms with E-state index in [-0.39, 0.29) is 12.5 Å². The molecule has 29 heavy (non-hydrogen) atoms. The molecule has 152 valence electrons. The number of hydrogen-bond donors (Lipinski definition) is 2. The number of amides is 1. The second-order valence-corrected chi connectivity index (χ2v) is 6.88. The molecule has 0 bridgehead atoms. The van der Waals surface area contributed by atoms with Gasteiger partial charge in [-0.05, 0) is 47.9 Å². The summed E-state index contributed by atoms with van der Waals surface area (Å²) in [6.45, 7) is 13.5. The third-order valence-electron chi connectivity index (χ3n) is 4.43. The van der Waals surface area contributed by atoms with Gasteiger partial charge in [0, 0.05) is 37.7 Å². The van der Waals surface area contributed by atoms with Crippen molar-refractivity contribution >= 4 is 5.91 Å². The first-order valence-electron chi connectivity index (χ1n) is 9.71. The van der Waals surface area contributed by atoms with Gasteiger partial charge < -0.3 is 15.5 Å². The van der Waals surface area contributed by atoms with Crippen molar-refractivity contribution in [2.24, 2.45) is 0 Å². The Morgan fingerprint density at radius 3 is 2.45 bits per heavy atom. The summed E-state index contributed by atoms with van der Waals surface area (Å²) in [5, 5.41) is 6.20. The lowest BCUT2D eigenvalue weighted by atomic mass is 10.1. The highest BCUT2D eigenvalue weighted by molar-refractivity contribution is 5.78. The van der Waals surface area contributed by atoms with Gasteiger partial charge in [0.2, 0.25) is 5.91 Å². The highest BCUT2D eigenvalue weighted by Gasteiger charge is 2.15. The van der Waals surface area contributed by atoms with Gasteiger partial charge in [0.15, 0.2) is 0 Å². The van der Waals surface area contributed by atoms with Gasteiger partial charge >= 0.3 is 0 Å². The Labute approximate surface area is 173 Å². The van der Waals surface area contributed by atoms with Crippen molar-refractivity contribution in [1.29, 1.82) is 0 Å². The van der Waals surface area contributed by atoms with Gasteiger partial charge in [-0.25, -0.2) is 0 Å². The average Bonchev–Trinajstić information content (AvgIpc) is 2.75. The van der Waals surface area contributed by atoms with E-state index in [1.165, 1.54) is 5.56 Å². The van der Waals surface area contributed by atoms with Gasteiger partial charge in [-0.15, -0.1) is 0 Å². The van der Waals surface area contributed by atoms with Crippen LogP contribution in [-0.4, -0.2) is 35.4 Å². The third kappa shape index (κ3) is 8.47. The van der Waals surface area contributed by atoms with E-state index >= 15 is 0 Å². The number of pyridine rings is 1. The molecule has 0 fully saturated rings. The zero-order valence-corrected chi connectivity index (χ0v) is 16.9. The van der Waals surface area contributed by atoms with Crippen LogP contribution in [0.2, 0.25) is 0 Å². The summed E-state index contributed by atoms with van der Waals surface area (Å²) >= 11 is 0. The molecule has 0 saturated carbocycles. The van der Waals surface area contributed by atoms with Crippen molar-refractivity contribution in [3.05, 3.63) is 103 Å². The van der Waals surface area contributed by atoms with Crippen LogP contribution in [0.25, 0.3) is 0 Å². The fourth-order valence-electron chi connectivity index (χ4n) is 2.82. The van der Waals surface area contributed by atoms with Crippen molar-refractivity contribution in [2.45, 2.75) is 19.4 Å². The van der Waals surface area contributed by atoms with Crippen LogP contribution in [0.1, 0.15) is 17.5 Å². The van der Waals surface area contributed by atoms with Crippen LogP contribution in [0.15, 0.2) is 92.1 Å². The molecule has 2 rings (SSSR count). The number of nitrogens with zero attached hydrogens (tertiary/aromatic N) is 2. The summed E-state index contributed by atoms with van der Waals surface area (Å²) in [6.07, 6.45) is 6.77. The van der Waals surface area contributed by atoms with Gasteiger partial charge in [-0.1, -0.05) is 50.1 Å². The van der Waals surface area contributed by atoms with Gasteiger partial charge in [0.25, 0.3) is 0 Å². The predicted molar refractivity (Wildman–Crippen MR) is 119 cm³/mol. The smallest absolute Gasteiger partial charge is 0.242 e. The monoisotopic (exact) mass is 390 g/mol. The number of allylic oxidation sites excluding steroid dienone is 1. The maximum absolute atomic E-state index is 12.9. The first kappa shape index (κ1) is 22.0. The minimum Gasteiger partial charge on any atom is -0.388 e. The first-order valence-corrected chi connectivity index (χ1v) is 9.71. The lowest BCUT2D eigenvalue weighted by molar-refractivity contribution is -0.130. The van der Waals surface area contributed by atoms with Crippen molar-refractivity contribution in [3.63, 3.8) is 0 Å². The number of aryl methyl sites for hydroxylation is 1. The fraction of sp³-hybridized carbons (Fsp3) is 0.250. The Bertz CT molecular complexity index is 802. The molecule has 5 heteroatoms. The van der Waals surface area contributed by atoms with Gasteiger partial charge in [0.1, 0.15) is 0 Å². The number of rotatable bonds is 13. The van der Waals surface area contributed by atoms with E-state index in [0.29, 0.717) is 19.6 Å². The highest BCUT2D eigenvalue weighted by Crippen LogP contribution is 2.08. The molecule has 0 aliphatic heterocycles. The first-order chi connectivity index (χ1) is 14.1. The standard InChI is InChI=1S/C24H30N4O/c1-4-25-16-20(2)18-28(19-23-12-14-26-15-13-23)24(29)17-27-21(3)10-11-22-8-6-5-7-9-22/h4-9,12-15,25,27H,1-3,10-11,16-19H2. The van der Waals surface area contributed by atoms with E-state index in [1.54, 1.807) is 23.5 Å². The molecule has 1 heterocycles. The van der Waals surface area contributed by atoms with E-state index in [2.05, 4.69) is 47.5 Å². The summed E-state index contributed by atoms with van der Waals surface area (Å²) in [5.74, 6) is 0.00225. The molecule has 2 aromatic rings. The summed E-state index contributed by atoms with van der Waals surface area (Å²) < 4.78 is 0. The molecule has 1 amide bonds. The van der Waals surface area contributed by atoms with E-state index in [9.17, 15) is 4.79 Å².